The molecule has 0 atom stereocenters. The summed E-state index contributed by atoms with van der Waals surface area (Å²) in [5.41, 5.74) is 0.389. The van der Waals surface area contributed by atoms with E-state index in [0.717, 1.165) is 0 Å². The molecule has 114 valence electrons. The third kappa shape index (κ3) is 3.32. The van der Waals surface area contributed by atoms with E-state index in [2.05, 4.69) is 20.7 Å². The number of rotatable bonds is 4. The molecule has 0 saturated heterocycles. The highest BCUT2D eigenvalue weighted by atomic mass is 79.9. The number of nitrogens with zero attached hydrogens (tertiary/aromatic N) is 1. The topological polar surface area (TPSA) is 99.4 Å². The zero-order valence-electron chi connectivity index (χ0n) is 11.4. The van der Waals surface area contributed by atoms with Crippen LogP contribution in [-0.2, 0) is 10.0 Å². The van der Waals surface area contributed by atoms with E-state index in [-0.39, 0.29) is 27.6 Å². The van der Waals surface area contributed by atoms with Crippen molar-refractivity contribution in [1.82, 2.24) is 0 Å². The molecular formula is C14H11BrN2O4S. The Morgan fingerprint density at radius 1 is 1.27 bits per heavy atom. The van der Waals surface area contributed by atoms with Gasteiger partial charge in [0.25, 0.3) is 10.0 Å². The van der Waals surface area contributed by atoms with Gasteiger partial charge in [0, 0.05) is 10.5 Å². The van der Waals surface area contributed by atoms with E-state index < -0.39 is 10.0 Å². The molecule has 0 unspecified atom stereocenters. The van der Waals surface area contributed by atoms with Crippen molar-refractivity contribution in [3.63, 3.8) is 0 Å². The first-order valence-electron chi connectivity index (χ1n) is 5.97. The van der Waals surface area contributed by atoms with Gasteiger partial charge < -0.3 is 9.84 Å². The predicted octanol–water partition coefficient (Wildman–Crippen LogP) is 2.84. The summed E-state index contributed by atoms with van der Waals surface area (Å²) in [6.45, 7) is 0. The maximum Gasteiger partial charge on any atom is 0.261 e. The van der Waals surface area contributed by atoms with Crippen molar-refractivity contribution in [2.75, 3.05) is 11.8 Å². The van der Waals surface area contributed by atoms with Crippen LogP contribution in [0.2, 0.25) is 0 Å². The molecule has 0 saturated carbocycles. The van der Waals surface area contributed by atoms with E-state index in [4.69, 9.17) is 10.00 Å². The number of phenolic OH excluding ortho intramolecular Hbond substituents is 1. The van der Waals surface area contributed by atoms with Crippen LogP contribution in [0.4, 0.5) is 5.69 Å². The molecule has 0 aliphatic rings. The molecule has 0 amide bonds. The highest BCUT2D eigenvalue weighted by Gasteiger charge is 2.16. The lowest BCUT2D eigenvalue weighted by Gasteiger charge is -2.10. The summed E-state index contributed by atoms with van der Waals surface area (Å²) in [5, 5.41) is 18.6. The van der Waals surface area contributed by atoms with E-state index in [1.807, 2.05) is 6.07 Å². The smallest absolute Gasteiger partial charge is 0.261 e. The van der Waals surface area contributed by atoms with Gasteiger partial charge in [-0.15, -0.1) is 0 Å². The first-order valence-corrected chi connectivity index (χ1v) is 8.24. The average Bonchev–Trinajstić information content (AvgIpc) is 2.47. The Morgan fingerprint density at radius 2 is 2.00 bits per heavy atom. The number of hydrogen-bond donors (Lipinski definition) is 2. The number of methoxy groups -OCH3 is 1. The number of nitrogens with one attached hydrogen (secondary N) is 1. The van der Waals surface area contributed by atoms with Crippen LogP contribution in [0.5, 0.6) is 11.5 Å². The van der Waals surface area contributed by atoms with Crippen molar-refractivity contribution in [3.8, 4) is 17.6 Å². The molecule has 2 aromatic rings. The first kappa shape index (κ1) is 16.1. The summed E-state index contributed by atoms with van der Waals surface area (Å²) in [7, 11) is -2.48. The fraction of sp³-hybridized carbons (Fsp3) is 0.0714. The average molecular weight is 383 g/mol. The molecule has 0 heterocycles. The molecule has 0 aliphatic heterocycles. The molecule has 0 fully saturated rings. The number of hydrogen-bond acceptors (Lipinski definition) is 5. The van der Waals surface area contributed by atoms with Gasteiger partial charge in [-0.2, -0.15) is 5.26 Å². The van der Waals surface area contributed by atoms with Crippen LogP contribution in [-0.4, -0.2) is 20.6 Å². The zero-order chi connectivity index (χ0) is 16.3. The second kappa shape index (κ2) is 6.25. The van der Waals surface area contributed by atoms with E-state index in [1.54, 1.807) is 0 Å². The second-order valence-corrected chi connectivity index (χ2v) is 6.78. The van der Waals surface area contributed by atoms with Crippen LogP contribution in [0.3, 0.4) is 0 Å². The van der Waals surface area contributed by atoms with E-state index >= 15 is 0 Å². The molecule has 0 spiro atoms. The third-order valence-corrected chi connectivity index (χ3v) is 4.87. The minimum absolute atomic E-state index is 0.0532. The Hall–Kier alpha value is -2.24. The minimum atomic E-state index is -3.87. The summed E-state index contributed by atoms with van der Waals surface area (Å²) in [5.74, 6) is 0.0505. The standard InChI is InChI=1S/C14H11BrN2O4S/c1-21-14-5-2-10(7-13(14)18)17-22(19,20)11-3-4-12(15)9(6-11)8-16/h2-7,17-18H,1H3. The van der Waals surface area contributed by atoms with Gasteiger partial charge in [0.15, 0.2) is 11.5 Å². The molecule has 2 N–H and O–H groups in total. The highest BCUT2D eigenvalue weighted by molar-refractivity contribution is 9.10. The van der Waals surface area contributed by atoms with E-state index in [0.29, 0.717) is 4.47 Å². The molecule has 0 radical (unpaired) electrons. The van der Waals surface area contributed by atoms with Crippen LogP contribution in [0.15, 0.2) is 45.8 Å². The van der Waals surface area contributed by atoms with Crippen LogP contribution >= 0.6 is 15.9 Å². The van der Waals surface area contributed by atoms with Gasteiger partial charge >= 0.3 is 0 Å². The highest BCUT2D eigenvalue weighted by Crippen LogP contribution is 2.30. The van der Waals surface area contributed by atoms with Crippen LogP contribution in [0.25, 0.3) is 0 Å². The molecule has 0 aliphatic carbocycles. The number of aromatic hydroxyl groups is 1. The molecule has 8 heteroatoms. The molecule has 6 nitrogen and oxygen atoms in total. The van der Waals surface area contributed by atoms with Crippen molar-refractivity contribution < 1.29 is 18.3 Å². The minimum Gasteiger partial charge on any atom is -0.504 e. The molecule has 22 heavy (non-hydrogen) atoms. The van der Waals surface area contributed by atoms with Gasteiger partial charge in [0.05, 0.1) is 23.3 Å². The van der Waals surface area contributed by atoms with Gasteiger partial charge in [0.2, 0.25) is 0 Å². The van der Waals surface area contributed by atoms with Crippen molar-refractivity contribution in [2.45, 2.75) is 4.90 Å². The molecule has 2 aromatic carbocycles. The molecular weight excluding hydrogens is 372 g/mol. The van der Waals surface area contributed by atoms with Crippen LogP contribution < -0.4 is 9.46 Å². The Kier molecular flexibility index (Phi) is 4.59. The number of nitriles is 1. The SMILES string of the molecule is COc1ccc(NS(=O)(=O)c2ccc(Br)c(C#N)c2)cc1O. The number of ether oxygens (including phenoxy) is 1. The van der Waals surface area contributed by atoms with Crippen molar-refractivity contribution in [3.05, 3.63) is 46.4 Å². The monoisotopic (exact) mass is 382 g/mol. The van der Waals surface area contributed by atoms with Crippen LogP contribution in [0, 0.1) is 11.3 Å². The molecule has 0 aromatic heterocycles. The Morgan fingerprint density at radius 3 is 2.59 bits per heavy atom. The van der Waals surface area contributed by atoms with E-state index in [1.165, 1.54) is 43.5 Å². The summed E-state index contributed by atoms with van der Waals surface area (Å²) in [4.78, 5) is -0.0532. The van der Waals surface area contributed by atoms with Crippen molar-refractivity contribution in [1.29, 1.82) is 5.26 Å². The third-order valence-electron chi connectivity index (χ3n) is 2.80. The van der Waals surface area contributed by atoms with Gasteiger partial charge in [-0.25, -0.2) is 8.42 Å². The zero-order valence-corrected chi connectivity index (χ0v) is 13.8. The van der Waals surface area contributed by atoms with Gasteiger partial charge in [-0.05, 0) is 46.3 Å². The normalized spacial score (nSPS) is 10.8. The summed E-state index contributed by atoms with van der Waals surface area (Å²) in [6.07, 6.45) is 0. The number of anilines is 1. The number of halogens is 1. The van der Waals surface area contributed by atoms with Crippen LogP contribution in [0.1, 0.15) is 5.56 Å². The van der Waals surface area contributed by atoms with Crippen molar-refractivity contribution in [2.24, 2.45) is 0 Å². The number of phenols is 1. The van der Waals surface area contributed by atoms with Gasteiger partial charge in [-0.3, -0.25) is 4.72 Å². The lowest BCUT2D eigenvalue weighted by atomic mass is 10.2. The quantitative estimate of drug-likeness (QED) is 0.846. The summed E-state index contributed by atoms with van der Waals surface area (Å²) >= 11 is 3.16. The van der Waals surface area contributed by atoms with Gasteiger partial charge in [0.1, 0.15) is 6.07 Å². The Bertz CT molecular complexity index is 860. The second-order valence-electron chi connectivity index (χ2n) is 4.25. The predicted molar refractivity (Wildman–Crippen MR) is 84.3 cm³/mol. The van der Waals surface area contributed by atoms with E-state index in [9.17, 15) is 13.5 Å². The molecule has 2 rings (SSSR count). The first-order chi connectivity index (χ1) is 10.4. The lowest BCUT2D eigenvalue weighted by Crippen LogP contribution is -2.13. The number of sulfonamides is 1. The fourth-order valence-corrected chi connectivity index (χ4v) is 3.14. The largest absolute Gasteiger partial charge is 0.504 e. The molecule has 0 bridgehead atoms. The Labute approximate surface area is 136 Å². The Balaban J connectivity index is 2.36. The van der Waals surface area contributed by atoms with Gasteiger partial charge in [-0.1, -0.05) is 0 Å². The number of benzene rings is 2. The fourth-order valence-electron chi connectivity index (χ4n) is 1.72. The maximum atomic E-state index is 12.3. The summed E-state index contributed by atoms with van der Waals surface area (Å²) < 4.78 is 32.3. The maximum absolute atomic E-state index is 12.3. The van der Waals surface area contributed by atoms with Crippen molar-refractivity contribution >= 4 is 31.6 Å². The summed E-state index contributed by atoms with van der Waals surface area (Å²) in [6, 6.07) is 10.2. The lowest BCUT2D eigenvalue weighted by molar-refractivity contribution is 0.373.